The molecule has 1 unspecified atom stereocenters. The second-order valence-corrected chi connectivity index (χ2v) is 6.96. The Balaban J connectivity index is 4.78. The maximum Gasteiger partial charge on any atom is 0.317 e. The molecule has 0 fully saturated rings. The van der Waals surface area contributed by atoms with Gasteiger partial charge >= 0.3 is 12.0 Å². The van der Waals surface area contributed by atoms with E-state index in [1.165, 1.54) is 0 Å². The summed E-state index contributed by atoms with van der Waals surface area (Å²) >= 11 is 0. The fourth-order valence-corrected chi connectivity index (χ4v) is 2.11. The van der Waals surface area contributed by atoms with Crippen LogP contribution in [0.4, 0.5) is 4.79 Å². The number of urea groups is 1. The van der Waals surface area contributed by atoms with E-state index < -0.39 is 5.97 Å². The van der Waals surface area contributed by atoms with Crippen LogP contribution >= 0.6 is 0 Å². The molecule has 5 nitrogen and oxygen atoms in total. The van der Waals surface area contributed by atoms with E-state index in [0.717, 1.165) is 19.3 Å². The fraction of sp³-hybridized carbons (Fsp3) is 0.875. The van der Waals surface area contributed by atoms with Gasteiger partial charge in [-0.1, -0.05) is 40.5 Å². The standard InChI is InChI=1S/C16H32N2O3/c1-7-8-9-10-18(12(2)3)15(21)17-13(11-14(19)20)16(4,5)6/h12-13H,7-11H2,1-6H3,(H,17,21)(H,19,20). The molecule has 0 aromatic carbocycles. The van der Waals surface area contributed by atoms with Gasteiger partial charge in [-0.25, -0.2) is 4.79 Å². The van der Waals surface area contributed by atoms with Crippen molar-refractivity contribution in [1.29, 1.82) is 0 Å². The van der Waals surface area contributed by atoms with E-state index in [9.17, 15) is 9.59 Å². The van der Waals surface area contributed by atoms with E-state index in [0.29, 0.717) is 6.54 Å². The number of carboxylic acid groups (broad SMARTS) is 1. The molecular formula is C16H32N2O3. The number of unbranched alkanes of at least 4 members (excludes halogenated alkanes) is 2. The highest BCUT2D eigenvalue weighted by molar-refractivity contribution is 5.76. The van der Waals surface area contributed by atoms with Crippen molar-refractivity contribution in [3.8, 4) is 0 Å². The number of nitrogens with one attached hydrogen (secondary N) is 1. The first kappa shape index (κ1) is 19.7. The molecule has 0 aliphatic heterocycles. The zero-order valence-electron chi connectivity index (χ0n) is 14.4. The molecule has 0 saturated heterocycles. The van der Waals surface area contributed by atoms with E-state index >= 15 is 0 Å². The molecular weight excluding hydrogens is 268 g/mol. The van der Waals surface area contributed by atoms with Gasteiger partial charge in [0.2, 0.25) is 0 Å². The average molecular weight is 300 g/mol. The molecule has 0 bridgehead atoms. The minimum atomic E-state index is -0.891. The van der Waals surface area contributed by atoms with Crippen molar-refractivity contribution in [2.24, 2.45) is 5.41 Å². The molecule has 0 heterocycles. The summed E-state index contributed by atoms with van der Waals surface area (Å²) in [4.78, 5) is 25.2. The number of carbonyl (C=O) groups excluding carboxylic acids is 1. The van der Waals surface area contributed by atoms with Gasteiger partial charge < -0.3 is 15.3 Å². The van der Waals surface area contributed by atoms with Crippen molar-refractivity contribution in [2.45, 2.75) is 79.3 Å². The van der Waals surface area contributed by atoms with E-state index in [-0.39, 0.29) is 30.0 Å². The normalized spacial score (nSPS) is 13.1. The largest absolute Gasteiger partial charge is 0.481 e. The van der Waals surface area contributed by atoms with Crippen molar-refractivity contribution < 1.29 is 14.7 Å². The quantitative estimate of drug-likeness (QED) is 0.674. The van der Waals surface area contributed by atoms with Crippen LogP contribution in [0.25, 0.3) is 0 Å². The molecule has 5 heteroatoms. The number of carboxylic acids is 1. The van der Waals surface area contributed by atoms with Crippen LogP contribution in [0.2, 0.25) is 0 Å². The van der Waals surface area contributed by atoms with Crippen molar-refractivity contribution in [3.63, 3.8) is 0 Å². The van der Waals surface area contributed by atoms with Crippen molar-refractivity contribution in [3.05, 3.63) is 0 Å². The Labute approximate surface area is 129 Å². The van der Waals surface area contributed by atoms with Crippen molar-refractivity contribution in [2.75, 3.05) is 6.54 Å². The van der Waals surface area contributed by atoms with Crippen molar-refractivity contribution >= 4 is 12.0 Å². The highest BCUT2D eigenvalue weighted by atomic mass is 16.4. The van der Waals surface area contributed by atoms with E-state index in [1.807, 2.05) is 34.6 Å². The third-order valence-electron chi connectivity index (χ3n) is 3.61. The van der Waals surface area contributed by atoms with Gasteiger partial charge in [0.15, 0.2) is 0 Å². The summed E-state index contributed by atoms with van der Waals surface area (Å²) in [5.41, 5.74) is -0.292. The molecule has 2 N–H and O–H groups in total. The van der Waals surface area contributed by atoms with Gasteiger partial charge in [-0.3, -0.25) is 4.79 Å². The highest BCUT2D eigenvalue weighted by Crippen LogP contribution is 2.22. The average Bonchev–Trinajstić information content (AvgIpc) is 2.31. The number of hydrogen-bond donors (Lipinski definition) is 2. The van der Waals surface area contributed by atoms with Gasteiger partial charge in [0.25, 0.3) is 0 Å². The Kier molecular flexibility index (Phi) is 8.37. The molecule has 0 aromatic heterocycles. The van der Waals surface area contributed by atoms with Crippen LogP contribution in [-0.2, 0) is 4.79 Å². The summed E-state index contributed by atoms with van der Waals surface area (Å²) in [6.45, 7) is 12.6. The van der Waals surface area contributed by atoms with Gasteiger partial charge in [0.1, 0.15) is 0 Å². The Morgan fingerprint density at radius 3 is 2.14 bits per heavy atom. The number of aliphatic carboxylic acids is 1. The third kappa shape index (κ3) is 7.93. The summed E-state index contributed by atoms with van der Waals surface area (Å²) in [7, 11) is 0. The molecule has 0 saturated carbocycles. The highest BCUT2D eigenvalue weighted by Gasteiger charge is 2.30. The summed E-state index contributed by atoms with van der Waals surface area (Å²) in [5, 5.41) is 11.9. The van der Waals surface area contributed by atoms with Crippen LogP contribution in [-0.4, -0.2) is 40.6 Å². The second-order valence-electron chi connectivity index (χ2n) is 6.96. The number of carbonyl (C=O) groups is 2. The maximum absolute atomic E-state index is 12.4. The second kappa shape index (κ2) is 8.90. The predicted octanol–water partition coefficient (Wildman–Crippen LogP) is 3.49. The van der Waals surface area contributed by atoms with E-state index in [4.69, 9.17) is 5.11 Å². The van der Waals surface area contributed by atoms with Crippen LogP contribution in [0.15, 0.2) is 0 Å². The van der Waals surface area contributed by atoms with Gasteiger partial charge in [-0.15, -0.1) is 0 Å². The summed E-state index contributed by atoms with van der Waals surface area (Å²) in [6, 6.07) is -0.440. The smallest absolute Gasteiger partial charge is 0.317 e. The zero-order chi connectivity index (χ0) is 16.6. The van der Waals surface area contributed by atoms with Gasteiger partial charge in [0, 0.05) is 18.6 Å². The minimum absolute atomic E-state index is 0.0594. The molecule has 0 aromatic rings. The zero-order valence-corrected chi connectivity index (χ0v) is 14.4. The summed E-state index contributed by atoms with van der Waals surface area (Å²) in [5.74, 6) is -0.891. The lowest BCUT2D eigenvalue weighted by Gasteiger charge is -2.34. The van der Waals surface area contributed by atoms with E-state index in [2.05, 4.69) is 12.2 Å². The molecule has 1 atom stereocenters. The number of amides is 2. The Hall–Kier alpha value is -1.26. The topological polar surface area (TPSA) is 69.6 Å². The van der Waals surface area contributed by atoms with Crippen LogP contribution < -0.4 is 5.32 Å². The molecule has 0 rings (SSSR count). The number of nitrogens with zero attached hydrogens (tertiary/aromatic N) is 1. The number of rotatable bonds is 8. The van der Waals surface area contributed by atoms with E-state index in [1.54, 1.807) is 4.90 Å². The monoisotopic (exact) mass is 300 g/mol. The number of hydrogen-bond acceptors (Lipinski definition) is 2. The molecule has 124 valence electrons. The molecule has 21 heavy (non-hydrogen) atoms. The third-order valence-corrected chi connectivity index (χ3v) is 3.61. The fourth-order valence-electron chi connectivity index (χ4n) is 2.11. The molecule has 0 spiro atoms. The Bertz CT molecular complexity index is 335. The molecule has 2 amide bonds. The lowest BCUT2D eigenvalue weighted by Crippen LogP contribution is -2.52. The Morgan fingerprint density at radius 2 is 1.76 bits per heavy atom. The maximum atomic E-state index is 12.4. The molecule has 0 aliphatic rings. The van der Waals surface area contributed by atoms with Crippen molar-refractivity contribution in [1.82, 2.24) is 10.2 Å². The van der Waals surface area contributed by atoms with Gasteiger partial charge in [-0.05, 0) is 25.7 Å². The van der Waals surface area contributed by atoms with Crippen LogP contribution in [0, 0.1) is 5.41 Å². The first-order chi connectivity index (χ1) is 9.59. The van der Waals surface area contributed by atoms with Crippen LogP contribution in [0.5, 0.6) is 0 Å². The summed E-state index contributed by atoms with van der Waals surface area (Å²) in [6.07, 6.45) is 3.11. The van der Waals surface area contributed by atoms with Crippen LogP contribution in [0.1, 0.15) is 67.2 Å². The Morgan fingerprint density at radius 1 is 1.19 bits per heavy atom. The SMILES string of the molecule is CCCCCN(C(=O)NC(CC(=O)O)C(C)(C)C)C(C)C. The first-order valence-corrected chi connectivity index (χ1v) is 7.88. The molecule has 0 radical (unpaired) electrons. The first-order valence-electron chi connectivity index (χ1n) is 7.88. The molecule has 0 aliphatic carbocycles. The van der Waals surface area contributed by atoms with Gasteiger partial charge in [0.05, 0.1) is 6.42 Å². The van der Waals surface area contributed by atoms with Crippen LogP contribution in [0.3, 0.4) is 0 Å². The summed E-state index contributed by atoms with van der Waals surface area (Å²) < 4.78 is 0. The van der Waals surface area contributed by atoms with Gasteiger partial charge in [-0.2, -0.15) is 0 Å². The lowest BCUT2D eigenvalue weighted by molar-refractivity contribution is -0.138. The lowest BCUT2D eigenvalue weighted by atomic mass is 9.85. The minimum Gasteiger partial charge on any atom is -0.481 e. The predicted molar refractivity (Wildman–Crippen MR) is 85.4 cm³/mol.